The van der Waals surface area contributed by atoms with Crippen molar-refractivity contribution in [2.75, 3.05) is 5.32 Å². The van der Waals surface area contributed by atoms with Crippen molar-refractivity contribution in [3.63, 3.8) is 0 Å². The van der Waals surface area contributed by atoms with Crippen LogP contribution in [0.5, 0.6) is 0 Å². The first-order chi connectivity index (χ1) is 13.1. The molecule has 27 heavy (non-hydrogen) atoms. The van der Waals surface area contributed by atoms with Gasteiger partial charge in [-0.15, -0.1) is 0 Å². The second-order valence-electron chi connectivity index (χ2n) is 6.28. The molecule has 0 atom stereocenters. The number of carbonyl (C=O) groups is 1. The number of H-pyrrole nitrogens is 1. The molecule has 0 spiro atoms. The summed E-state index contributed by atoms with van der Waals surface area (Å²) in [5, 5.41) is 10.8. The van der Waals surface area contributed by atoms with Crippen molar-refractivity contribution in [1.82, 2.24) is 24.7 Å². The summed E-state index contributed by atoms with van der Waals surface area (Å²) in [5.74, 6) is 0.283. The summed E-state index contributed by atoms with van der Waals surface area (Å²) in [5.41, 5.74) is 1.88. The second-order valence-corrected chi connectivity index (χ2v) is 7.69. The number of nitrogens with one attached hydrogen (secondary N) is 2. The van der Waals surface area contributed by atoms with Gasteiger partial charge in [0.05, 0.1) is 16.9 Å². The molecular formula is C17H12ClFN6OS. The van der Waals surface area contributed by atoms with Gasteiger partial charge in [0.25, 0.3) is 0 Å². The molecule has 1 aliphatic rings. The number of amides is 1. The van der Waals surface area contributed by atoms with E-state index in [1.54, 1.807) is 23.2 Å². The molecule has 0 bridgehead atoms. The predicted molar refractivity (Wildman–Crippen MR) is 101 cm³/mol. The number of nitrogens with zero attached hydrogens (tertiary/aromatic N) is 4. The number of halogens is 2. The standard InChI is InChI=1S/C17H12ClFN6OS/c18-11-5-9(19)3-4-10(11)12-6-20-7-25(12)15-13-14(23-24-15)21-17(27-13)22-16(26)8-1-2-8/h3-8H,1-2H2,(H2,21,22,23,24,26). The minimum absolute atomic E-state index is 0.00215. The summed E-state index contributed by atoms with van der Waals surface area (Å²) in [7, 11) is 0. The fourth-order valence-corrected chi connectivity index (χ4v) is 4.00. The van der Waals surface area contributed by atoms with Crippen LogP contribution in [0.25, 0.3) is 27.4 Å². The Kier molecular flexibility index (Phi) is 3.73. The maximum atomic E-state index is 13.4. The Labute approximate surface area is 161 Å². The smallest absolute Gasteiger partial charge is 0.229 e. The third-order valence-electron chi connectivity index (χ3n) is 4.35. The average Bonchev–Trinajstić information content (AvgIpc) is 3.07. The van der Waals surface area contributed by atoms with E-state index in [4.69, 9.17) is 11.6 Å². The summed E-state index contributed by atoms with van der Waals surface area (Å²) < 4.78 is 15.9. The molecule has 1 fully saturated rings. The Balaban J connectivity index is 1.55. The zero-order chi connectivity index (χ0) is 18.5. The van der Waals surface area contributed by atoms with E-state index in [1.165, 1.54) is 23.5 Å². The van der Waals surface area contributed by atoms with Crippen LogP contribution < -0.4 is 5.32 Å². The number of hydrogen-bond donors (Lipinski definition) is 2. The van der Waals surface area contributed by atoms with Crippen LogP contribution in [0.3, 0.4) is 0 Å². The van der Waals surface area contributed by atoms with E-state index < -0.39 is 5.82 Å². The number of carbonyl (C=O) groups excluding carboxylic acids is 1. The summed E-state index contributed by atoms with van der Waals surface area (Å²) in [6, 6.07) is 4.20. The molecule has 0 saturated heterocycles. The Hall–Kier alpha value is -2.78. The third-order valence-corrected chi connectivity index (χ3v) is 5.63. The van der Waals surface area contributed by atoms with Crippen LogP contribution in [0.4, 0.5) is 9.52 Å². The molecule has 136 valence electrons. The summed E-state index contributed by atoms with van der Waals surface area (Å²) in [6.07, 6.45) is 5.10. The monoisotopic (exact) mass is 402 g/mol. The highest BCUT2D eigenvalue weighted by Crippen LogP contribution is 2.35. The molecule has 1 aliphatic carbocycles. The van der Waals surface area contributed by atoms with Gasteiger partial charge in [0.1, 0.15) is 16.8 Å². The lowest BCUT2D eigenvalue weighted by Gasteiger charge is -2.07. The fraction of sp³-hybridized carbons (Fsp3) is 0.176. The van der Waals surface area contributed by atoms with Gasteiger partial charge >= 0.3 is 0 Å². The maximum Gasteiger partial charge on any atom is 0.229 e. The van der Waals surface area contributed by atoms with Gasteiger partial charge in [0, 0.05) is 11.5 Å². The minimum atomic E-state index is -0.407. The summed E-state index contributed by atoms with van der Waals surface area (Å²) in [6.45, 7) is 0. The van der Waals surface area contributed by atoms with Crippen molar-refractivity contribution in [2.45, 2.75) is 12.8 Å². The summed E-state index contributed by atoms with van der Waals surface area (Å²) >= 11 is 7.54. The zero-order valence-corrected chi connectivity index (χ0v) is 15.3. The Morgan fingerprint density at radius 2 is 2.26 bits per heavy atom. The molecule has 1 saturated carbocycles. The average molecular weight is 403 g/mol. The van der Waals surface area contributed by atoms with Gasteiger partial charge in [-0.05, 0) is 31.0 Å². The van der Waals surface area contributed by atoms with Crippen molar-refractivity contribution in [3.05, 3.63) is 41.6 Å². The number of imidazole rings is 1. The van der Waals surface area contributed by atoms with Crippen LogP contribution in [0, 0.1) is 11.7 Å². The maximum absolute atomic E-state index is 13.4. The van der Waals surface area contributed by atoms with E-state index in [9.17, 15) is 9.18 Å². The molecule has 3 heterocycles. The topological polar surface area (TPSA) is 88.5 Å². The van der Waals surface area contributed by atoms with Crippen molar-refractivity contribution in [3.8, 4) is 17.1 Å². The van der Waals surface area contributed by atoms with Crippen LogP contribution >= 0.6 is 22.9 Å². The molecule has 2 N–H and O–H groups in total. The molecular weight excluding hydrogens is 391 g/mol. The van der Waals surface area contributed by atoms with Crippen LogP contribution in [-0.4, -0.2) is 30.6 Å². The van der Waals surface area contributed by atoms with Crippen LogP contribution in [0.15, 0.2) is 30.7 Å². The van der Waals surface area contributed by atoms with Gasteiger partial charge in [0.15, 0.2) is 16.6 Å². The number of hydrogen-bond acceptors (Lipinski definition) is 5. The predicted octanol–water partition coefficient (Wildman–Crippen LogP) is 4.01. The molecule has 10 heteroatoms. The normalized spacial score (nSPS) is 14.0. The number of benzene rings is 1. The molecule has 7 nitrogen and oxygen atoms in total. The fourth-order valence-electron chi connectivity index (χ4n) is 2.83. The van der Waals surface area contributed by atoms with E-state index in [0.717, 1.165) is 17.5 Å². The second kappa shape index (κ2) is 6.14. The van der Waals surface area contributed by atoms with Gasteiger partial charge in [-0.3, -0.25) is 14.5 Å². The van der Waals surface area contributed by atoms with Gasteiger partial charge in [-0.25, -0.2) is 14.4 Å². The van der Waals surface area contributed by atoms with Crippen molar-refractivity contribution in [1.29, 1.82) is 0 Å². The number of anilines is 1. The van der Waals surface area contributed by atoms with Gasteiger partial charge in [0.2, 0.25) is 5.91 Å². The van der Waals surface area contributed by atoms with Crippen molar-refractivity contribution in [2.24, 2.45) is 5.92 Å². The van der Waals surface area contributed by atoms with Crippen molar-refractivity contribution < 1.29 is 9.18 Å². The SMILES string of the molecule is O=C(Nc1nc2[nH]nc(-n3cncc3-c3ccc(F)cc3Cl)c2s1)C1CC1. The Morgan fingerprint density at radius 1 is 1.41 bits per heavy atom. The highest BCUT2D eigenvalue weighted by molar-refractivity contribution is 7.22. The van der Waals surface area contributed by atoms with Crippen LogP contribution in [0.1, 0.15) is 12.8 Å². The highest BCUT2D eigenvalue weighted by atomic mass is 35.5. The number of aromatic amines is 1. The van der Waals surface area contributed by atoms with Gasteiger partial charge in [-0.2, -0.15) is 5.10 Å². The summed E-state index contributed by atoms with van der Waals surface area (Å²) in [4.78, 5) is 20.5. The lowest BCUT2D eigenvalue weighted by molar-refractivity contribution is -0.117. The largest absolute Gasteiger partial charge is 0.302 e. The molecule has 0 aliphatic heterocycles. The first-order valence-electron chi connectivity index (χ1n) is 8.24. The Morgan fingerprint density at radius 3 is 3.04 bits per heavy atom. The van der Waals surface area contributed by atoms with E-state index in [0.29, 0.717) is 27.9 Å². The molecule has 1 aromatic carbocycles. The van der Waals surface area contributed by atoms with Crippen LogP contribution in [0.2, 0.25) is 5.02 Å². The quantitative estimate of drug-likeness (QED) is 0.539. The molecule has 0 radical (unpaired) electrons. The van der Waals surface area contributed by atoms with Gasteiger partial charge in [-0.1, -0.05) is 22.9 Å². The molecule has 5 rings (SSSR count). The highest BCUT2D eigenvalue weighted by Gasteiger charge is 2.30. The number of thiazole rings is 1. The molecule has 4 aromatic rings. The number of aromatic nitrogens is 5. The van der Waals surface area contributed by atoms with E-state index >= 15 is 0 Å². The van der Waals surface area contributed by atoms with Crippen LogP contribution in [-0.2, 0) is 4.79 Å². The lowest BCUT2D eigenvalue weighted by atomic mass is 10.1. The Bertz CT molecular complexity index is 1180. The number of fused-ring (bicyclic) bond motifs is 1. The molecule has 1 amide bonds. The first kappa shape index (κ1) is 16.4. The van der Waals surface area contributed by atoms with E-state index in [1.807, 2.05) is 0 Å². The van der Waals surface area contributed by atoms with Gasteiger partial charge < -0.3 is 5.32 Å². The minimum Gasteiger partial charge on any atom is -0.302 e. The third kappa shape index (κ3) is 2.88. The lowest BCUT2D eigenvalue weighted by Crippen LogP contribution is -2.12. The number of rotatable bonds is 4. The first-order valence-corrected chi connectivity index (χ1v) is 9.43. The van der Waals surface area contributed by atoms with E-state index in [-0.39, 0.29) is 16.8 Å². The van der Waals surface area contributed by atoms with Crippen molar-refractivity contribution >= 4 is 44.3 Å². The molecule has 3 aromatic heterocycles. The zero-order valence-electron chi connectivity index (χ0n) is 13.7. The molecule has 0 unspecified atom stereocenters. The van der Waals surface area contributed by atoms with E-state index in [2.05, 4.69) is 25.5 Å².